The highest BCUT2D eigenvalue weighted by molar-refractivity contribution is 5.95. The Kier molecular flexibility index (Phi) is 3.67. The van der Waals surface area contributed by atoms with Crippen molar-refractivity contribution in [3.63, 3.8) is 0 Å². The SMILES string of the molecule is Cc1ccc(C(=N)N)cc1OCC1CCCC1. The number of aryl methyl sites for hydroxylation is 1. The molecular formula is C14H20N2O. The number of nitrogen functional groups attached to an aromatic ring is 1. The van der Waals surface area contributed by atoms with Gasteiger partial charge in [-0.2, -0.15) is 0 Å². The summed E-state index contributed by atoms with van der Waals surface area (Å²) in [4.78, 5) is 0. The molecule has 3 N–H and O–H groups in total. The van der Waals surface area contributed by atoms with Crippen LogP contribution in [-0.2, 0) is 0 Å². The van der Waals surface area contributed by atoms with E-state index >= 15 is 0 Å². The zero-order valence-electron chi connectivity index (χ0n) is 10.3. The van der Waals surface area contributed by atoms with Crippen LogP contribution in [0.15, 0.2) is 18.2 Å². The molecule has 1 aliphatic rings. The topological polar surface area (TPSA) is 59.1 Å². The van der Waals surface area contributed by atoms with E-state index in [1.54, 1.807) is 0 Å². The first-order valence-corrected chi connectivity index (χ1v) is 6.24. The molecule has 1 aromatic carbocycles. The number of amidine groups is 1. The van der Waals surface area contributed by atoms with Crippen molar-refractivity contribution < 1.29 is 4.74 Å². The Morgan fingerprint density at radius 1 is 1.41 bits per heavy atom. The second-order valence-electron chi connectivity index (χ2n) is 4.86. The molecule has 17 heavy (non-hydrogen) atoms. The van der Waals surface area contributed by atoms with Crippen LogP contribution < -0.4 is 10.5 Å². The zero-order valence-corrected chi connectivity index (χ0v) is 10.3. The summed E-state index contributed by atoms with van der Waals surface area (Å²) in [6, 6.07) is 5.69. The Morgan fingerprint density at radius 2 is 2.12 bits per heavy atom. The maximum Gasteiger partial charge on any atom is 0.122 e. The summed E-state index contributed by atoms with van der Waals surface area (Å²) in [5.74, 6) is 1.66. The van der Waals surface area contributed by atoms with Crippen LogP contribution in [0.3, 0.4) is 0 Å². The molecule has 1 aliphatic carbocycles. The van der Waals surface area contributed by atoms with Gasteiger partial charge >= 0.3 is 0 Å². The van der Waals surface area contributed by atoms with Crippen LogP contribution in [-0.4, -0.2) is 12.4 Å². The average molecular weight is 232 g/mol. The van der Waals surface area contributed by atoms with E-state index in [-0.39, 0.29) is 5.84 Å². The molecular weight excluding hydrogens is 212 g/mol. The van der Waals surface area contributed by atoms with Gasteiger partial charge in [-0.25, -0.2) is 0 Å². The van der Waals surface area contributed by atoms with Gasteiger partial charge in [0.1, 0.15) is 11.6 Å². The molecule has 0 saturated heterocycles. The summed E-state index contributed by atoms with van der Waals surface area (Å²) in [5.41, 5.74) is 7.32. The maximum atomic E-state index is 7.42. The van der Waals surface area contributed by atoms with E-state index in [2.05, 4.69) is 0 Å². The van der Waals surface area contributed by atoms with Crippen molar-refractivity contribution in [1.29, 1.82) is 5.41 Å². The number of hydrogen-bond acceptors (Lipinski definition) is 2. The van der Waals surface area contributed by atoms with Gasteiger partial charge in [0, 0.05) is 5.56 Å². The van der Waals surface area contributed by atoms with Crippen molar-refractivity contribution in [2.45, 2.75) is 32.6 Å². The van der Waals surface area contributed by atoms with Gasteiger partial charge in [0.25, 0.3) is 0 Å². The standard InChI is InChI=1S/C14H20N2O/c1-10-6-7-12(14(15)16)8-13(10)17-9-11-4-2-3-5-11/h6-8,11H,2-5,9H2,1H3,(H3,15,16). The predicted octanol–water partition coefficient (Wildman–Crippen LogP) is 2.85. The molecule has 0 unspecified atom stereocenters. The predicted molar refractivity (Wildman–Crippen MR) is 69.6 cm³/mol. The number of rotatable bonds is 4. The molecule has 1 fully saturated rings. The summed E-state index contributed by atoms with van der Waals surface area (Å²) in [6.07, 6.45) is 5.23. The van der Waals surface area contributed by atoms with Crippen LogP contribution in [0, 0.1) is 18.3 Å². The van der Waals surface area contributed by atoms with E-state index in [1.807, 2.05) is 25.1 Å². The largest absolute Gasteiger partial charge is 0.493 e. The van der Waals surface area contributed by atoms with E-state index in [0.717, 1.165) is 23.5 Å². The summed E-state index contributed by atoms with van der Waals surface area (Å²) >= 11 is 0. The molecule has 1 aromatic rings. The number of benzene rings is 1. The first-order chi connectivity index (χ1) is 8.16. The summed E-state index contributed by atoms with van der Waals surface area (Å²) in [5, 5.41) is 7.42. The molecule has 0 radical (unpaired) electrons. The Morgan fingerprint density at radius 3 is 2.76 bits per heavy atom. The molecule has 0 amide bonds. The number of hydrogen-bond donors (Lipinski definition) is 2. The molecule has 2 rings (SSSR count). The van der Waals surface area contributed by atoms with E-state index < -0.39 is 0 Å². The lowest BCUT2D eigenvalue weighted by molar-refractivity contribution is 0.250. The Hall–Kier alpha value is -1.51. The van der Waals surface area contributed by atoms with Gasteiger partial charge in [0.05, 0.1) is 6.61 Å². The van der Waals surface area contributed by atoms with E-state index in [1.165, 1.54) is 25.7 Å². The Labute approximate surface area is 102 Å². The fraction of sp³-hybridized carbons (Fsp3) is 0.500. The smallest absolute Gasteiger partial charge is 0.122 e. The third-order valence-corrected chi connectivity index (χ3v) is 3.45. The molecule has 1 saturated carbocycles. The zero-order chi connectivity index (χ0) is 12.3. The van der Waals surface area contributed by atoms with Crippen LogP contribution in [0.1, 0.15) is 36.8 Å². The first-order valence-electron chi connectivity index (χ1n) is 6.24. The number of nitrogens with one attached hydrogen (secondary N) is 1. The van der Waals surface area contributed by atoms with Gasteiger partial charge in [-0.3, -0.25) is 5.41 Å². The summed E-state index contributed by atoms with van der Waals surface area (Å²) in [7, 11) is 0. The van der Waals surface area contributed by atoms with Crippen molar-refractivity contribution in [1.82, 2.24) is 0 Å². The van der Waals surface area contributed by atoms with Crippen LogP contribution in [0.4, 0.5) is 0 Å². The molecule has 92 valence electrons. The second-order valence-corrected chi connectivity index (χ2v) is 4.86. The fourth-order valence-corrected chi connectivity index (χ4v) is 2.31. The lowest BCUT2D eigenvalue weighted by atomic mass is 10.1. The van der Waals surface area contributed by atoms with E-state index in [0.29, 0.717) is 5.92 Å². The average Bonchev–Trinajstić information content (AvgIpc) is 2.80. The lowest BCUT2D eigenvalue weighted by Gasteiger charge is -2.14. The van der Waals surface area contributed by atoms with Gasteiger partial charge in [-0.15, -0.1) is 0 Å². The second kappa shape index (κ2) is 5.21. The third-order valence-electron chi connectivity index (χ3n) is 3.45. The molecule has 3 heteroatoms. The molecule has 0 aliphatic heterocycles. The molecule has 0 heterocycles. The molecule has 0 bridgehead atoms. The van der Waals surface area contributed by atoms with Crippen molar-refractivity contribution in [2.24, 2.45) is 11.7 Å². The first kappa shape index (κ1) is 12.0. The molecule has 0 atom stereocenters. The highest BCUT2D eigenvalue weighted by Crippen LogP contribution is 2.27. The Bertz CT molecular complexity index is 409. The van der Waals surface area contributed by atoms with Gasteiger partial charge in [-0.1, -0.05) is 25.0 Å². The molecule has 0 spiro atoms. The number of nitrogens with two attached hydrogens (primary N) is 1. The summed E-state index contributed by atoms with van der Waals surface area (Å²) < 4.78 is 5.86. The lowest BCUT2D eigenvalue weighted by Crippen LogP contribution is -2.12. The fourth-order valence-electron chi connectivity index (χ4n) is 2.31. The monoisotopic (exact) mass is 232 g/mol. The molecule has 3 nitrogen and oxygen atoms in total. The van der Waals surface area contributed by atoms with Crippen LogP contribution >= 0.6 is 0 Å². The quantitative estimate of drug-likeness (QED) is 0.619. The molecule has 0 aromatic heterocycles. The van der Waals surface area contributed by atoms with Crippen molar-refractivity contribution in [3.8, 4) is 5.75 Å². The minimum absolute atomic E-state index is 0.0933. The normalized spacial score (nSPS) is 16.1. The third kappa shape index (κ3) is 2.99. The van der Waals surface area contributed by atoms with Crippen LogP contribution in [0.2, 0.25) is 0 Å². The van der Waals surface area contributed by atoms with Gasteiger partial charge < -0.3 is 10.5 Å². The van der Waals surface area contributed by atoms with Crippen molar-refractivity contribution in [2.75, 3.05) is 6.61 Å². The van der Waals surface area contributed by atoms with Crippen LogP contribution in [0.25, 0.3) is 0 Å². The van der Waals surface area contributed by atoms with E-state index in [4.69, 9.17) is 15.9 Å². The van der Waals surface area contributed by atoms with E-state index in [9.17, 15) is 0 Å². The van der Waals surface area contributed by atoms with Crippen LogP contribution in [0.5, 0.6) is 5.75 Å². The summed E-state index contributed by atoms with van der Waals surface area (Å²) in [6.45, 7) is 2.82. The van der Waals surface area contributed by atoms with Crippen molar-refractivity contribution in [3.05, 3.63) is 29.3 Å². The minimum atomic E-state index is 0.0933. The minimum Gasteiger partial charge on any atom is -0.493 e. The maximum absolute atomic E-state index is 7.42. The highest BCUT2D eigenvalue weighted by atomic mass is 16.5. The van der Waals surface area contributed by atoms with Crippen molar-refractivity contribution >= 4 is 5.84 Å². The van der Waals surface area contributed by atoms with Gasteiger partial charge in [-0.05, 0) is 37.3 Å². The number of ether oxygens (including phenoxy) is 1. The highest BCUT2D eigenvalue weighted by Gasteiger charge is 2.16. The Balaban J connectivity index is 2.03. The van der Waals surface area contributed by atoms with Gasteiger partial charge in [0.15, 0.2) is 0 Å². The van der Waals surface area contributed by atoms with Gasteiger partial charge in [0.2, 0.25) is 0 Å².